The highest BCUT2D eigenvalue weighted by Gasteiger charge is 2.18. The van der Waals surface area contributed by atoms with Gasteiger partial charge in [-0.05, 0) is 78.2 Å². The van der Waals surface area contributed by atoms with E-state index in [0.717, 1.165) is 38.9 Å². The fourth-order valence-corrected chi connectivity index (χ4v) is 7.82. The predicted molar refractivity (Wildman–Crippen MR) is 233 cm³/mol. The van der Waals surface area contributed by atoms with Crippen molar-refractivity contribution in [3.8, 4) is 78.7 Å². The number of fused-ring (bicyclic) bond motifs is 2. The number of benzene rings is 9. The molecule has 10 aromatic rings. The summed E-state index contributed by atoms with van der Waals surface area (Å²) < 4.78 is 0. The van der Waals surface area contributed by atoms with Gasteiger partial charge in [0.25, 0.3) is 0 Å². The third-order valence-electron chi connectivity index (χ3n) is 10.6. The summed E-state index contributed by atoms with van der Waals surface area (Å²) in [5.41, 5.74) is 12.2. The predicted octanol–water partition coefficient (Wildman–Crippen LogP) is 13.8. The van der Waals surface area contributed by atoms with E-state index in [1.54, 1.807) is 0 Å². The summed E-state index contributed by atoms with van der Waals surface area (Å²) in [5, 5.41) is 4.89. The van der Waals surface area contributed by atoms with E-state index in [9.17, 15) is 0 Å². The smallest absolute Gasteiger partial charge is 0.164 e. The van der Waals surface area contributed by atoms with Crippen molar-refractivity contribution in [1.29, 1.82) is 0 Å². The molecule has 0 bridgehead atoms. The Kier molecular flexibility index (Phi) is 8.51. The Hall–Kier alpha value is -7.49. The number of aromatic nitrogens is 3. The molecule has 0 fully saturated rings. The summed E-state index contributed by atoms with van der Waals surface area (Å²) in [5.74, 6) is 1.93. The van der Waals surface area contributed by atoms with Crippen LogP contribution >= 0.6 is 0 Å². The summed E-state index contributed by atoms with van der Waals surface area (Å²) in [7, 11) is 0. The first kappa shape index (κ1) is 33.1. The molecule has 0 atom stereocenters. The molecule has 0 aliphatic rings. The molecular formula is C53H35N3. The SMILES string of the molecule is c1ccc(-c2nc(-c3ccccc3)nc(-c3ccccc3-c3ccccc3-c3ccc4cc(-c5ccccc5-c5cccc6ccccc56)ccc4c3)n2)cc1. The molecule has 10 rings (SSSR count). The maximum atomic E-state index is 5.08. The Labute approximate surface area is 326 Å². The quantitative estimate of drug-likeness (QED) is 0.165. The van der Waals surface area contributed by atoms with Crippen LogP contribution < -0.4 is 0 Å². The van der Waals surface area contributed by atoms with E-state index in [4.69, 9.17) is 15.0 Å². The molecule has 0 spiro atoms. The van der Waals surface area contributed by atoms with Crippen LogP contribution in [0.15, 0.2) is 212 Å². The minimum atomic E-state index is 0.637. The first-order chi connectivity index (χ1) is 27.8. The van der Waals surface area contributed by atoms with Gasteiger partial charge >= 0.3 is 0 Å². The molecule has 0 saturated heterocycles. The van der Waals surface area contributed by atoms with Crippen molar-refractivity contribution in [2.75, 3.05) is 0 Å². The number of hydrogen-bond donors (Lipinski definition) is 0. The largest absolute Gasteiger partial charge is 0.208 e. The molecule has 3 heteroatoms. The molecule has 262 valence electrons. The Bertz CT molecular complexity index is 2960. The van der Waals surface area contributed by atoms with Crippen LogP contribution in [0.2, 0.25) is 0 Å². The van der Waals surface area contributed by atoms with Crippen molar-refractivity contribution in [2.24, 2.45) is 0 Å². The van der Waals surface area contributed by atoms with E-state index >= 15 is 0 Å². The highest BCUT2D eigenvalue weighted by atomic mass is 15.0. The zero-order valence-electron chi connectivity index (χ0n) is 30.5. The summed E-state index contributed by atoms with van der Waals surface area (Å²) >= 11 is 0. The number of rotatable bonds is 7. The van der Waals surface area contributed by atoms with Crippen LogP contribution in [-0.2, 0) is 0 Å². The standard InChI is InChI=1S/C53H35N3/c1-3-17-37(18-4-1)51-54-52(38-19-5-2-6-20-38)56-53(55-51)50-28-14-13-27-49(50)47-26-12-10-24-45(47)42-33-31-39-34-41(32-30-40(39)35-42)44-23-9-11-25-46(44)48-29-15-21-36-16-7-8-22-43(36)48/h1-35H. The van der Waals surface area contributed by atoms with Gasteiger partial charge in [-0.3, -0.25) is 0 Å². The second-order valence-electron chi connectivity index (χ2n) is 14.0. The average Bonchev–Trinajstić information content (AvgIpc) is 3.29. The van der Waals surface area contributed by atoms with Crippen molar-refractivity contribution in [3.05, 3.63) is 212 Å². The summed E-state index contributed by atoms with van der Waals surface area (Å²) in [6, 6.07) is 74.9. The lowest BCUT2D eigenvalue weighted by molar-refractivity contribution is 1.07. The maximum Gasteiger partial charge on any atom is 0.164 e. The van der Waals surface area contributed by atoms with E-state index in [1.165, 1.54) is 43.8 Å². The van der Waals surface area contributed by atoms with Crippen LogP contribution in [0.1, 0.15) is 0 Å². The molecule has 0 unspecified atom stereocenters. The fourth-order valence-electron chi connectivity index (χ4n) is 7.82. The van der Waals surface area contributed by atoms with Crippen LogP contribution in [0.3, 0.4) is 0 Å². The van der Waals surface area contributed by atoms with Crippen LogP contribution in [0.5, 0.6) is 0 Å². The second kappa shape index (κ2) is 14.4. The van der Waals surface area contributed by atoms with Crippen molar-refractivity contribution in [2.45, 2.75) is 0 Å². The third-order valence-corrected chi connectivity index (χ3v) is 10.6. The van der Waals surface area contributed by atoms with Crippen LogP contribution in [0, 0.1) is 0 Å². The van der Waals surface area contributed by atoms with Gasteiger partial charge in [-0.2, -0.15) is 0 Å². The van der Waals surface area contributed by atoms with Crippen molar-refractivity contribution in [3.63, 3.8) is 0 Å². The molecule has 0 saturated carbocycles. The van der Waals surface area contributed by atoms with Gasteiger partial charge in [0.1, 0.15) is 0 Å². The van der Waals surface area contributed by atoms with E-state index in [2.05, 4.69) is 152 Å². The molecular weight excluding hydrogens is 679 g/mol. The van der Waals surface area contributed by atoms with Gasteiger partial charge in [0.15, 0.2) is 17.5 Å². The number of hydrogen-bond acceptors (Lipinski definition) is 3. The molecule has 0 aliphatic heterocycles. The first-order valence-corrected chi connectivity index (χ1v) is 18.9. The molecule has 0 N–H and O–H groups in total. The normalized spacial score (nSPS) is 11.2. The Morgan fingerprint density at radius 1 is 0.214 bits per heavy atom. The summed E-state index contributed by atoms with van der Waals surface area (Å²) in [6.45, 7) is 0. The van der Waals surface area contributed by atoms with Crippen molar-refractivity contribution < 1.29 is 0 Å². The zero-order chi connectivity index (χ0) is 37.3. The fraction of sp³-hybridized carbons (Fsp3) is 0. The van der Waals surface area contributed by atoms with Crippen LogP contribution in [0.25, 0.3) is 100 Å². The molecule has 0 radical (unpaired) electrons. The molecule has 1 aromatic heterocycles. The van der Waals surface area contributed by atoms with Crippen LogP contribution in [0.4, 0.5) is 0 Å². The minimum Gasteiger partial charge on any atom is -0.208 e. The lowest BCUT2D eigenvalue weighted by atomic mass is 9.89. The number of nitrogens with zero attached hydrogens (tertiary/aromatic N) is 3. The van der Waals surface area contributed by atoms with Crippen molar-refractivity contribution >= 4 is 21.5 Å². The molecule has 0 amide bonds. The second-order valence-corrected chi connectivity index (χ2v) is 14.0. The topological polar surface area (TPSA) is 38.7 Å². The lowest BCUT2D eigenvalue weighted by Gasteiger charge is -2.16. The molecule has 0 aliphatic carbocycles. The summed E-state index contributed by atoms with van der Waals surface area (Å²) in [6.07, 6.45) is 0. The third kappa shape index (κ3) is 6.21. The van der Waals surface area contributed by atoms with Gasteiger partial charge in [-0.15, -0.1) is 0 Å². The zero-order valence-corrected chi connectivity index (χ0v) is 30.5. The molecule has 1 heterocycles. The average molecular weight is 714 g/mol. The monoisotopic (exact) mass is 713 g/mol. The van der Waals surface area contributed by atoms with Gasteiger partial charge in [-0.25, -0.2) is 15.0 Å². The van der Waals surface area contributed by atoms with E-state index in [1.807, 2.05) is 60.7 Å². The van der Waals surface area contributed by atoms with Gasteiger partial charge in [-0.1, -0.05) is 200 Å². The van der Waals surface area contributed by atoms with E-state index in [-0.39, 0.29) is 0 Å². The lowest BCUT2D eigenvalue weighted by Crippen LogP contribution is -2.01. The molecule has 56 heavy (non-hydrogen) atoms. The van der Waals surface area contributed by atoms with Gasteiger partial charge in [0.05, 0.1) is 0 Å². The van der Waals surface area contributed by atoms with Crippen molar-refractivity contribution in [1.82, 2.24) is 15.0 Å². The summed E-state index contributed by atoms with van der Waals surface area (Å²) in [4.78, 5) is 15.1. The Balaban J connectivity index is 1.05. The molecule has 3 nitrogen and oxygen atoms in total. The van der Waals surface area contributed by atoms with E-state index in [0.29, 0.717) is 17.5 Å². The highest BCUT2D eigenvalue weighted by Crippen LogP contribution is 2.40. The van der Waals surface area contributed by atoms with Gasteiger partial charge in [0.2, 0.25) is 0 Å². The minimum absolute atomic E-state index is 0.637. The Morgan fingerprint density at radius 3 is 1.18 bits per heavy atom. The first-order valence-electron chi connectivity index (χ1n) is 18.9. The Morgan fingerprint density at radius 2 is 0.607 bits per heavy atom. The van der Waals surface area contributed by atoms with Gasteiger partial charge in [0, 0.05) is 16.7 Å². The van der Waals surface area contributed by atoms with Gasteiger partial charge < -0.3 is 0 Å². The van der Waals surface area contributed by atoms with E-state index < -0.39 is 0 Å². The molecule has 9 aromatic carbocycles. The maximum absolute atomic E-state index is 5.08. The highest BCUT2D eigenvalue weighted by molar-refractivity contribution is 6.02. The van der Waals surface area contributed by atoms with Crippen LogP contribution in [-0.4, -0.2) is 15.0 Å².